The number of carbonyl (C=O) groups excluding carboxylic acids is 2. The minimum Gasteiger partial charge on any atom is -0.378 e. The molecule has 3 saturated heterocycles. The maximum atomic E-state index is 13.1. The van der Waals surface area contributed by atoms with E-state index in [0.29, 0.717) is 52.5 Å². The number of benzene rings is 1. The van der Waals surface area contributed by atoms with Gasteiger partial charge in [0.25, 0.3) is 0 Å². The number of carbonyl (C=O) groups is 2. The molecule has 7 nitrogen and oxygen atoms in total. The molecular formula is C22H31FN4O3. The topological polar surface area (TPSA) is 56.3 Å². The van der Waals surface area contributed by atoms with E-state index in [1.807, 2.05) is 9.80 Å². The first-order valence-electron chi connectivity index (χ1n) is 11.0. The SMILES string of the molecule is O=C(CN1CCCC(C(=O)N2CCOCC2)C1)N1CCN(c2ccc(F)cc2)CC1. The number of rotatable bonds is 4. The number of anilines is 1. The fourth-order valence-electron chi connectivity index (χ4n) is 4.60. The summed E-state index contributed by atoms with van der Waals surface area (Å²) in [6, 6.07) is 6.51. The molecule has 3 aliphatic heterocycles. The molecule has 4 rings (SSSR count). The summed E-state index contributed by atoms with van der Waals surface area (Å²) >= 11 is 0. The lowest BCUT2D eigenvalue weighted by molar-refractivity contribution is -0.143. The molecule has 1 unspecified atom stereocenters. The molecule has 1 aromatic rings. The van der Waals surface area contributed by atoms with Crippen molar-refractivity contribution in [2.75, 3.05) is 77.0 Å². The summed E-state index contributed by atoms with van der Waals surface area (Å²) in [6.45, 7) is 7.31. The molecule has 0 aliphatic carbocycles. The van der Waals surface area contributed by atoms with Crippen molar-refractivity contribution in [3.8, 4) is 0 Å². The number of hydrogen-bond donors (Lipinski definition) is 0. The Morgan fingerprint density at radius 3 is 2.33 bits per heavy atom. The second-order valence-electron chi connectivity index (χ2n) is 8.36. The molecule has 1 aromatic carbocycles. The first kappa shape index (κ1) is 21.1. The maximum Gasteiger partial charge on any atom is 0.236 e. The van der Waals surface area contributed by atoms with Crippen molar-refractivity contribution in [1.82, 2.24) is 14.7 Å². The van der Waals surface area contributed by atoms with Crippen molar-refractivity contribution in [2.24, 2.45) is 5.92 Å². The number of likely N-dealkylation sites (tertiary alicyclic amines) is 1. The van der Waals surface area contributed by atoms with Crippen LogP contribution in [0.5, 0.6) is 0 Å². The number of morpholine rings is 1. The van der Waals surface area contributed by atoms with Gasteiger partial charge in [-0.15, -0.1) is 0 Å². The fourth-order valence-corrected chi connectivity index (χ4v) is 4.60. The molecule has 3 heterocycles. The third-order valence-corrected chi connectivity index (χ3v) is 6.36. The van der Waals surface area contributed by atoms with Crippen molar-refractivity contribution in [1.29, 1.82) is 0 Å². The molecule has 0 N–H and O–H groups in total. The number of nitrogens with zero attached hydrogens (tertiary/aromatic N) is 4. The fraction of sp³-hybridized carbons (Fsp3) is 0.636. The van der Waals surface area contributed by atoms with Gasteiger partial charge in [-0.05, 0) is 43.7 Å². The van der Waals surface area contributed by atoms with Crippen LogP contribution in [0, 0.1) is 11.7 Å². The monoisotopic (exact) mass is 418 g/mol. The van der Waals surface area contributed by atoms with Gasteiger partial charge in [-0.2, -0.15) is 0 Å². The van der Waals surface area contributed by atoms with Crippen LogP contribution in [0.25, 0.3) is 0 Å². The van der Waals surface area contributed by atoms with Crippen molar-refractivity contribution in [3.63, 3.8) is 0 Å². The van der Waals surface area contributed by atoms with Crippen LogP contribution in [-0.2, 0) is 14.3 Å². The molecule has 0 bridgehead atoms. The summed E-state index contributed by atoms with van der Waals surface area (Å²) < 4.78 is 18.5. The Bertz CT molecular complexity index is 730. The molecule has 0 spiro atoms. The highest BCUT2D eigenvalue weighted by Crippen LogP contribution is 2.21. The van der Waals surface area contributed by atoms with Crippen LogP contribution >= 0.6 is 0 Å². The second kappa shape index (κ2) is 9.75. The molecular weight excluding hydrogens is 387 g/mol. The number of piperazine rings is 1. The van der Waals surface area contributed by atoms with E-state index < -0.39 is 0 Å². The summed E-state index contributed by atoms with van der Waals surface area (Å²) in [4.78, 5) is 33.8. The van der Waals surface area contributed by atoms with E-state index in [0.717, 1.165) is 38.2 Å². The third kappa shape index (κ3) is 5.10. The van der Waals surface area contributed by atoms with E-state index in [1.54, 1.807) is 12.1 Å². The van der Waals surface area contributed by atoms with Gasteiger partial charge in [-0.3, -0.25) is 14.5 Å². The van der Waals surface area contributed by atoms with Gasteiger partial charge in [0.1, 0.15) is 5.82 Å². The quantitative estimate of drug-likeness (QED) is 0.732. The number of hydrogen-bond acceptors (Lipinski definition) is 5. The van der Waals surface area contributed by atoms with Gasteiger partial charge < -0.3 is 19.4 Å². The Balaban J connectivity index is 1.24. The summed E-state index contributed by atoms with van der Waals surface area (Å²) in [7, 11) is 0. The molecule has 164 valence electrons. The summed E-state index contributed by atoms with van der Waals surface area (Å²) in [5, 5.41) is 0. The standard InChI is InChI=1S/C22H31FN4O3/c23-19-3-5-20(6-4-19)25-8-10-26(11-9-25)21(28)17-24-7-1-2-18(16-24)22(29)27-12-14-30-15-13-27/h3-6,18H,1-2,7-17H2. The van der Waals surface area contributed by atoms with E-state index in [2.05, 4.69) is 9.80 Å². The van der Waals surface area contributed by atoms with Crippen molar-refractivity contribution in [2.45, 2.75) is 12.8 Å². The molecule has 0 saturated carbocycles. The molecule has 8 heteroatoms. The normalized spacial score (nSPS) is 23.5. The number of halogens is 1. The lowest BCUT2D eigenvalue weighted by atomic mass is 9.96. The van der Waals surface area contributed by atoms with Gasteiger partial charge in [0.05, 0.1) is 25.7 Å². The largest absolute Gasteiger partial charge is 0.378 e. The number of piperidine rings is 1. The average molecular weight is 419 g/mol. The molecule has 2 amide bonds. The predicted molar refractivity (Wildman–Crippen MR) is 112 cm³/mol. The predicted octanol–water partition coefficient (Wildman–Crippen LogP) is 1.05. The van der Waals surface area contributed by atoms with Gasteiger partial charge >= 0.3 is 0 Å². The zero-order valence-corrected chi connectivity index (χ0v) is 17.5. The van der Waals surface area contributed by atoms with Crippen LogP contribution in [-0.4, -0.2) is 98.6 Å². The zero-order valence-electron chi connectivity index (χ0n) is 17.5. The molecule has 30 heavy (non-hydrogen) atoms. The van der Waals surface area contributed by atoms with Crippen LogP contribution in [0.3, 0.4) is 0 Å². The molecule has 3 aliphatic rings. The highest BCUT2D eigenvalue weighted by atomic mass is 19.1. The van der Waals surface area contributed by atoms with E-state index in [1.165, 1.54) is 12.1 Å². The van der Waals surface area contributed by atoms with Crippen LogP contribution < -0.4 is 4.90 Å². The number of amides is 2. The van der Waals surface area contributed by atoms with E-state index in [4.69, 9.17) is 4.74 Å². The van der Waals surface area contributed by atoms with Crippen molar-refractivity contribution < 1.29 is 18.7 Å². The smallest absolute Gasteiger partial charge is 0.236 e. The van der Waals surface area contributed by atoms with E-state index >= 15 is 0 Å². The Morgan fingerprint density at radius 2 is 1.63 bits per heavy atom. The molecule has 1 atom stereocenters. The van der Waals surface area contributed by atoms with E-state index in [9.17, 15) is 14.0 Å². The number of ether oxygens (including phenoxy) is 1. The minimum absolute atomic E-state index is 0.0139. The van der Waals surface area contributed by atoms with Crippen LogP contribution in [0.2, 0.25) is 0 Å². The molecule has 0 radical (unpaired) electrons. The van der Waals surface area contributed by atoms with Gasteiger partial charge in [0.15, 0.2) is 0 Å². The first-order chi connectivity index (χ1) is 14.6. The Labute approximate surface area is 177 Å². The van der Waals surface area contributed by atoms with Gasteiger partial charge in [-0.1, -0.05) is 0 Å². The summed E-state index contributed by atoms with van der Waals surface area (Å²) in [6.07, 6.45) is 1.85. The zero-order chi connectivity index (χ0) is 20.9. The highest BCUT2D eigenvalue weighted by molar-refractivity contribution is 5.80. The molecule has 0 aromatic heterocycles. The second-order valence-corrected chi connectivity index (χ2v) is 8.36. The summed E-state index contributed by atoms with van der Waals surface area (Å²) in [5.74, 6) is 0.0936. The van der Waals surface area contributed by atoms with Gasteiger partial charge in [0.2, 0.25) is 11.8 Å². The van der Waals surface area contributed by atoms with Crippen LogP contribution in [0.4, 0.5) is 10.1 Å². The third-order valence-electron chi connectivity index (χ3n) is 6.36. The van der Waals surface area contributed by atoms with Crippen LogP contribution in [0.1, 0.15) is 12.8 Å². The Hall–Kier alpha value is -2.19. The van der Waals surface area contributed by atoms with Gasteiger partial charge in [0, 0.05) is 51.5 Å². The lowest BCUT2D eigenvalue weighted by Crippen LogP contribution is -2.53. The minimum atomic E-state index is -0.237. The van der Waals surface area contributed by atoms with E-state index in [-0.39, 0.29) is 23.5 Å². The Kier molecular flexibility index (Phi) is 6.84. The summed E-state index contributed by atoms with van der Waals surface area (Å²) in [5.41, 5.74) is 0.990. The Morgan fingerprint density at radius 1 is 0.933 bits per heavy atom. The lowest BCUT2D eigenvalue weighted by Gasteiger charge is -2.39. The molecule has 3 fully saturated rings. The van der Waals surface area contributed by atoms with Crippen molar-refractivity contribution >= 4 is 17.5 Å². The van der Waals surface area contributed by atoms with Crippen LogP contribution in [0.15, 0.2) is 24.3 Å². The average Bonchev–Trinajstić information content (AvgIpc) is 2.80. The highest BCUT2D eigenvalue weighted by Gasteiger charge is 2.31. The first-order valence-corrected chi connectivity index (χ1v) is 11.0. The van der Waals surface area contributed by atoms with Crippen molar-refractivity contribution in [3.05, 3.63) is 30.1 Å². The van der Waals surface area contributed by atoms with Gasteiger partial charge in [-0.25, -0.2) is 4.39 Å². The maximum absolute atomic E-state index is 13.1.